The SMILES string of the molecule is Cc1ccc(Nc2ncnc3c2cnn3C2CCNCC2)cc1Cl. The minimum Gasteiger partial charge on any atom is -0.339 e. The van der Waals surface area contributed by atoms with E-state index < -0.39 is 0 Å². The second-order valence-corrected chi connectivity index (χ2v) is 6.53. The molecule has 1 aliphatic rings. The van der Waals surface area contributed by atoms with Crippen LogP contribution in [0.15, 0.2) is 30.7 Å². The normalized spacial score (nSPS) is 15.8. The number of piperidine rings is 1. The lowest BCUT2D eigenvalue weighted by atomic mass is 10.1. The molecule has 2 aromatic heterocycles. The number of fused-ring (bicyclic) bond motifs is 1. The van der Waals surface area contributed by atoms with Crippen LogP contribution in [0.3, 0.4) is 0 Å². The number of hydrogen-bond acceptors (Lipinski definition) is 5. The summed E-state index contributed by atoms with van der Waals surface area (Å²) in [5.41, 5.74) is 2.83. The van der Waals surface area contributed by atoms with Crippen LogP contribution >= 0.6 is 11.6 Å². The summed E-state index contributed by atoms with van der Waals surface area (Å²) in [6.07, 6.45) is 5.56. The third-order valence-electron chi connectivity index (χ3n) is 4.48. The van der Waals surface area contributed by atoms with Gasteiger partial charge in [-0.05, 0) is 50.6 Å². The highest BCUT2D eigenvalue weighted by molar-refractivity contribution is 6.31. The molecule has 7 heteroatoms. The Morgan fingerprint density at radius 2 is 2.08 bits per heavy atom. The highest BCUT2D eigenvalue weighted by Crippen LogP contribution is 2.28. The quantitative estimate of drug-likeness (QED) is 0.763. The van der Waals surface area contributed by atoms with Gasteiger partial charge < -0.3 is 10.6 Å². The molecule has 124 valence electrons. The first-order valence-corrected chi connectivity index (χ1v) is 8.52. The van der Waals surface area contributed by atoms with Crippen LogP contribution in [-0.2, 0) is 0 Å². The molecular weight excluding hydrogens is 324 g/mol. The predicted octanol–water partition coefficient (Wildman–Crippen LogP) is 3.46. The standard InChI is InChI=1S/C17H19ClN6/c1-11-2-3-12(8-15(11)18)23-16-14-9-22-24(17(14)21-10-20-16)13-4-6-19-7-5-13/h2-3,8-10,13,19H,4-7H2,1H3,(H,20,21,23). The first kappa shape index (κ1) is 15.4. The number of halogens is 1. The molecule has 4 rings (SSSR count). The third-order valence-corrected chi connectivity index (χ3v) is 4.89. The van der Waals surface area contributed by atoms with Crippen LogP contribution in [0.5, 0.6) is 0 Å². The summed E-state index contributed by atoms with van der Waals surface area (Å²) in [6, 6.07) is 6.27. The van der Waals surface area contributed by atoms with Crippen LogP contribution in [-0.4, -0.2) is 32.8 Å². The second-order valence-electron chi connectivity index (χ2n) is 6.12. The zero-order chi connectivity index (χ0) is 16.5. The number of rotatable bonds is 3. The van der Waals surface area contributed by atoms with Crippen molar-refractivity contribution in [3.05, 3.63) is 41.3 Å². The van der Waals surface area contributed by atoms with Gasteiger partial charge in [-0.2, -0.15) is 5.10 Å². The van der Waals surface area contributed by atoms with E-state index in [9.17, 15) is 0 Å². The molecule has 0 spiro atoms. The van der Waals surface area contributed by atoms with Crippen molar-refractivity contribution >= 4 is 34.1 Å². The van der Waals surface area contributed by atoms with Crippen LogP contribution < -0.4 is 10.6 Å². The Balaban J connectivity index is 1.68. The molecule has 0 amide bonds. The fraction of sp³-hybridized carbons (Fsp3) is 0.353. The van der Waals surface area contributed by atoms with E-state index in [1.165, 1.54) is 0 Å². The van der Waals surface area contributed by atoms with Crippen LogP contribution in [0.25, 0.3) is 11.0 Å². The molecule has 2 N–H and O–H groups in total. The van der Waals surface area contributed by atoms with E-state index in [1.807, 2.05) is 36.0 Å². The van der Waals surface area contributed by atoms with Crippen molar-refractivity contribution in [3.63, 3.8) is 0 Å². The van der Waals surface area contributed by atoms with E-state index in [2.05, 4.69) is 25.7 Å². The maximum Gasteiger partial charge on any atom is 0.163 e. The molecule has 0 bridgehead atoms. The molecule has 1 fully saturated rings. The molecule has 0 saturated carbocycles. The van der Waals surface area contributed by atoms with E-state index in [-0.39, 0.29) is 0 Å². The fourth-order valence-corrected chi connectivity index (χ4v) is 3.27. The predicted molar refractivity (Wildman–Crippen MR) is 95.9 cm³/mol. The zero-order valence-electron chi connectivity index (χ0n) is 13.5. The number of aromatic nitrogens is 4. The van der Waals surface area contributed by atoms with Crippen molar-refractivity contribution in [1.29, 1.82) is 0 Å². The van der Waals surface area contributed by atoms with Gasteiger partial charge in [-0.15, -0.1) is 0 Å². The first-order chi connectivity index (χ1) is 11.7. The van der Waals surface area contributed by atoms with E-state index in [0.29, 0.717) is 6.04 Å². The topological polar surface area (TPSA) is 67.7 Å². The van der Waals surface area contributed by atoms with Crippen molar-refractivity contribution in [3.8, 4) is 0 Å². The van der Waals surface area contributed by atoms with Gasteiger partial charge in [0.2, 0.25) is 0 Å². The summed E-state index contributed by atoms with van der Waals surface area (Å²) < 4.78 is 2.03. The maximum absolute atomic E-state index is 6.21. The summed E-state index contributed by atoms with van der Waals surface area (Å²) in [6.45, 7) is 4.02. The number of anilines is 2. The molecule has 6 nitrogen and oxygen atoms in total. The number of aryl methyl sites for hydroxylation is 1. The molecule has 0 radical (unpaired) electrons. The zero-order valence-corrected chi connectivity index (χ0v) is 14.2. The average Bonchev–Trinajstić information content (AvgIpc) is 3.04. The molecule has 1 saturated heterocycles. The lowest BCUT2D eigenvalue weighted by Gasteiger charge is -2.23. The summed E-state index contributed by atoms with van der Waals surface area (Å²) in [5, 5.41) is 12.9. The first-order valence-electron chi connectivity index (χ1n) is 8.14. The van der Waals surface area contributed by atoms with Gasteiger partial charge in [0.1, 0.15) is 12.1 Å². The largest absolute Gasteiger partial charge is 0.339 e. The van der Waals surface area contributed by atoms with Gasteiger partial charge in [0, 0.05) is 10.7 Å². The van der Waals surface area contributed by atoms with Crippen LogP contribution in [0.4, 0.5) is 11.5 Å². The van der Waals surface area contributed by atoms with Gasteiger partial charge in [0.05, 0.1) is 17.6 Å². The molecule has 0 atom stereocenters. The van der Waals surface area contributed by atoms with Crippen molar-refractivity contribution in [2.45, 2.75) is 25.8 Å². The van der Waals surface area contributed by atoms with E-state index in [0.717, 1.165) is 59.1 Å². The minimum atomic E-state index is 0.389. The fourth-order valence-electron chi connectivity index (χ4n) is 3.09. The lowest BCUT2D eigenvalue weighted by Crippen LogP contribution is -2.29. The van der Waals surface area contributed by atoms with Gasteiger partial charge in [0.15, 0.2) is 5.65 Å². The van der Waals surface area contributed by atoms with Crippen LogP contribution in [0.1, 0.15) is 24.4 Å². The van der Waals surface area contributed by atoms with Crippen molar-refractivity contribution in [2.24, 2.45) is 0 Å². The van der Waals surface area contributed by atoms with Crippen molar-refractivity contribution in [1.82, 2.24) is 25.1 Å². The number of nitrogens with one attached hydrogen (secondary N) is 2. The number of benzene rings is 1. The van der Waals surface area contributed by atoms with E-state index >= 15 is 0 Å². The molecule has 1 aromatic carbocycles. The Bertz CT molecular complexity index is 869. The second kappa shape index (κ2) is 6.37. The Kier molecular flexibility index (Phi) is 4.08. The minimum absolute atomic E-state index is 0.389. The summed E-state index contributed by atoms with van der Waals surface area (Å²) in [7, 11) is 0. The van der Waals surface area contributed by atoms with Gasteiger partial charge in [-0.25, -0.2) is 14.6 Å². The van der Waals surface area contributed by atoms with Crippen molar-refractivity contribution in [2.75, 3.05) is 18.4 Å². The molecule has 0 aliphatic carbocycles. The Labute approximate surface area is 145 Å². The van der Waals surface area contributed by atoms with Gasteiger partial charge in [0.25, 0.3) is 0 Å². The van der Waals surface area contributed by atoms with E-state index in [4.69, 9.17) is 11.6 Å². The third kappa shape index (κ3) is 2.83. The Morgan fingerprint density at radius 3 is 2.88 bits per heavy atom. The van der Waals surface area contributed by atoms with Gasteiger partial charge in [-0.1, -0.05) is 17.7 Å². The molecule has 1 aliphatic heterocycles. The number of hydrogen-bond donors (Lipinski definition) is 2. The molecule has 3 aromatic rings. The highest BCUT2D eigenvalue weighted by Gasteiger charge is 2.19. The lowest BCUT2D eigenvalue weighted by molar-refractivity contribution is 0.349. The monoisotopic (exact) mass is 342 g/mol. The summed E-state index contributed by atoms with van der Waals surface area (Å²) in [4.78, 5) is 8.83. The number of nitrogens with zero attached hydrogens (tertiary/aromatic N) is 4. The molecule has 3 heterocycles. The molecule has 0 unspecified atom stereocenters. The highest BCUT2D eigenvalue weighted by atomic mass is 35.5. The molecule has 24 heavy (non-hydrogen) atoms. The van der Waals surface area contributed by atoms with E-state index in [1.54, 1.807) is 6.33 Å². The maximum atomic E-state index is 6.21. The van der Waals surface area contributed by atoms with Crippen LogP contribution in [0, 0.1) is 6.92 Å². The van der Waals surface area contributed by atoms with Crippen molar-refractivity contribution < 1.29 is 0 Å². The molecular formula is C17H19ClN6. The average molecular weight is 343 g/mol. The van der Waals surface area contributed by atoms with Crippen LogP contribution in [0.2, 0.25) is 5.02 Å². The smallest absolute Gasteiger partial charge is 0.163 e. The summed E-state index contributed by atoms with van der Waals surface area (Å²) in [5.74, 6) is 0.750. The summed E-state index contributed by atoms with van der Waals surface area (Å²) >= 11 is 6.21. The van der Waals surface area contributed by atoms with Gasteiger partial charge in [-0.3, -0.25) is 0 Å². The Hall–Kier alpha value is -2.18. The Morgan fingerprint density at radius 1 is 1.25 bits per heavy atom. The van der Waals surface area contributed by atoms with Gasteiger partial charge >= 0.3 is 0 Å².